The number of rotatable bonds is 2. The Morgan fingerprint density at radius 2 is 2.40 bits per heavy atom. The van der Waals surface area contributed by atoms with Gasteiger partial charge in [-0.05, 0) is 18.2 Å². The Morgan fingerprint density at radius 3 is 3.07 bits per heavy atom. The predicted octanol–water partition coefficient (Wildman–Crippen LogP) is 2.49. The quantitative estimate of drug-likeness (QED) is 0.827. The highest BCUT2D eigenvalue weighted by atomic mass is 79.9. The van der Waals surface area contributed by atoms with Crippen LogP contribution < -0.4 is 4.74 Å². The summed E-state index contributed by atoms with van der Waals surface area (Å²) in [6.07, 6.45) is 0.962. The monoisotopic (exact) mass is 267 g/mol. The van der Waals surface area contributed by atoms with E-state index in [1.807, 2.05) is 12.1 Å². The molecule has 0 spiro atoms. The van der Waals surface area contributed by atoms with Gasteiger partial charge in [0, 0.05) is 10.9 Å². The molecule has 15 heavy (non-hydrogen) atoms. The second-order valence-electron chi connectivity index (χ2n) is 3.36. The van der Waals surface area contributed by atoms with Crippen LogP contribution in [-0.4, -0.2) is 19.3 Å². The molecular weight excluding hydrogens is 258 g/mol. The average Bonchev–Trinajstić information content (AvgIpc) is 2.71. The highest BCUT2D eigenvalue weighted by Gasteiger charge is 2.18. The van der Waals surface area contributed by atoms with Crippen LogP contribution in [-0.2, 0) is 4.74 Å². The molecule has 3 nitrogen and oxygen atoms in total. The third-order valence-corrected chi connectivity index (χ3v) is 2.74. The van der Waals surface area contributed by atoms with Crippen LogP contribution >= 0.6 is 15.9 Å². The van der Waals surface area contributed by atoms with E-state index in [4.69, 9.17) is 14.7 Å². The summed E-state index contributed by atoms with van der Waals surface area (Å²) in [6.45, 7) is 1.35. The summed E-state index contributed by atoms with van der Waals surface area (Å²) in [5.41, 5.74) is 0.560. The Balaban J connectivity index is 2.18. The number of halogens is 1. The zero-order chi connectivity index (χ0) is 10.7. The lowest BCUT2D eigenvalue weighted by molar-refractivity contribution is 0.141. The van der Waals surface area contributed by atoms with Gasteiger partial charge in [0.2, 0.25) is 0 Å². The highest BCUT2D eigenvalue weighted by molar-refractivity contribution is 9.10. The van der Waals surface area contributed by atoms with Gasteiger partial charge in [0.15, 0.2) is 0 Å². The maximum atomic E-state index is 8.91. The van der Waals surface area contributed by atoms with Gasteiger partial charge in [-0.15, -0.1) is 0 Å². The van der Waals surface area contributed by atoms with Gasteiger partial charge >= 0.3 is 0 Å². The molecule has 4 heteroatoms. The summed E-state index contributed by atoms with van der Waals surface area (Å²) in [5, 5.41) is 8.91. The van der Waals surface area contributed by atoms with Crippen LogP contribution in [0.4, 0.5) is 0 Å². The van der Waals surface area contributed by atoms with E-state index in [1.165, 1.54) is 0 Å². The molecule has 1 atom stereocenters. The van der Waals surface area contributed by atoms with E-state index in [0.29, 0.717) is 17.9 Å². The minimum Gasteiger partial charge on any atom is -0.487 e. The number of hydrogen-bond acceptors (Lipinski definition) is 3. The van der Waals surface area contributed by atoms with Crippen molar-refractivity contribution in [2.45, 2.75) is 12.5 Å². The van der Waals surface area contributed by atoms with Crippen molar-refractivity contribution >= 4 is 15.9 Å². The molecule has 1 heterocycles. The SMILES string of the molecule is N#Cc1ccc(Br)cc1OC1CCOC1. The third kappa shape index (κ3) is 2.49. The topological polar surface area (TPSA) is 42.2 Å². The van der Waals surface area contributed by atoms with Gasteiger partial charge in [-0.2, -0.15) is 5.26 Å². The summed E-state index contributed by atoms with van der Waals surface area (Å²) in [6, 6.07) is 7.50. The first-order valence-corrected chi connectivity index (χ1v) is 5.53. The van der Waals surface area contributed by atoms with E-state index < -0.39 is 0 Å². The second kappa shape index (κ2) is 4.65. The van der Waals surface area contributed by atoms with Crippen molar-refractivity contribution in [1.82, 2.24) is 0 Å². The minimum absolute atomic E-state index is 0.0754. The molecule has 1 unspecified atom stereocenters. The molecule has 0 saturated carbocycles. The highest BCUT2D eigenvalue weighted by Crippen LogP contribution is 2.25. The standard InChI is InChI=1S/C11H10BrNO2/c12-9-2-1-8(6-13)11(5-9)15-10-3-4-14-7-10/h1-2,5,10H,3-4,7H2. The summed E-state index contributed by atoms with van der Waals surface area (Å²) in [4.78, 5) is 0. The summed E-state index contributed by atoms with van der Waals surface area (Å²) in [5.74, 6) is 0.627. The summed E-state index contributed by atoms with van der Waals surface area (Å²) >= 11 is 3.35. The molecule has 0 aromatic heterocycles. The molecule has 1 aliphatic rings. The molecule has 78 valence electrons. The molecule has 0 radical (unpaired) electrons. The van der Waals surface area contributed by atoms with Crippen LogP contribution in [0.5, 0.6) is 5.75 Å². The Labute approximate surface area is 96.7 Å². The van der Waals surface area contributed by atoms with E-state index in [2.05, 4.69) is 22.0 Å². The molecule has 2 rings (SSSR count). The van der Waals surface area contributed by atoms with Gasteiger partial charge in [-0.3, -0.25) is 0 Å². The normalized spacial score (nSPS) is 19.9. The Hall–Kier alpha value is -1.05. The number of nitriles is 1. The fourth-order valence-corrected chi connectivity index (χ4v) is 1.81. The van der Waals surface area contributed by atoms with Crippen LogP contribution in [0.3, 0.4) is 0 Å². The molecule has 0 aliphatic carbocycles. The van der Waals surface area contributed by atoms with E-state index in [1.54, 1.807) is 6.07 Å². The number of ether oxygens (including phenoxy) is 2. The molecule has 0 bridgehead atoms. The van der Waals surface area contributed by atoms with E-state index >= 15 is 0 Å². The van der Waals surface area contributed by atoms with E-state index in [9.17, 15) is 0 Å². The van der Waals surface area contributed by atoms with Gasteiger partial charge in [-0.25, -0.2) is 0 Å². The fourth-order valence-electron chi connectivity index (χ4n) is 1.47. The van der Waals surface area contributed by atoms with Crippen LogP contribution in [0.1, 0.15) is 12.0 Å². The van der Waals surface area contributed by atoms with Crippen molar-refractivity contribution in [3.63, 3.8) is 0 Å². The summed E-state index contributed by atoms with van der Waals surface area (Å²) in [7, 11) is 0. The third-order valence-electron chi connectivity index (χ3n) is 2.25. The first-order chi connectivity index (χ1) is 7.29. The van der Waals surface area contributed by atoms with Crippen LogP contribution in [0.15, 0.2) is 22.7 Å². The molecule has 1 aromatic carbocycles. The Bertz CT molecular complexity index is 394. The fraction of sp³-hybridized carbons (Fsp3) is 0.364. The van der Waals surface area contributed by atoms with Crippen molar-refractivity contribution < 1.29 is 9.47 Å². The van der Waals surface area contributed by atoms with Crippen molar-refractivity contribution in [2.24, 2.45) is 0 Å². The van der Waals surface area contributed by atoms with E-state index in [0.717, 1.165) is 17.5 Å². The number of nitrogens with zero attached hydrogens (tertiary/aromatic N) is 1. The van der Waals surface area contributed by atoms with Gasteiger partial charge in [-0.1, -0.05) is 15.9 Å². The first kappa shape index (κ1) is 10.5. The molecule has 0 amide bonds. The average molecular weight is 268 g/mol. The Morgan fingerprint density at radius 1 is 1.53 bits per heavy atom. The van der Waals surface area contributed by atoms with Crippen LogP contribution in [0.25, 0.3) is 0 Å². The molecule has 1 fully saturated rings. The molecule has 0 N–H and O–H groups in total. The maximum absolute atomic E-state index is 8.91. The maximum Gasteiger partial charge on any atom is 0.138 e. The minimum atomic E-state index is 0.0754. The smallest absolute Gasteiger partial charge is 0.138 e. The lowest BCUT2D eigenvalue weighted by atomic mass is 10.2. The van der Waals surface area contributed by atoms with E-state index in [-0.39, 0.29) is 6.10 Å². The zero-order valence-electron chi connectivity index (χ0n) is 8.07. The lowest BCUT2D eigenvalue weighted by Crippen LogP contribution is -2.16. The Kier molecular flexibility index (Phi) is 3.24. The van der Waals surface area contributed by atoms with Crippen LogP contribution in [0.2, 0.25) is 0 Å². The largest absolute Gasteiger partial charge is 0.487 e. The molecule has 1 aliphatic heterocycles. The van der Waals surface area contributed by atoms with Gasteiger partial charge in [0.1, 0.15) is 17.9 Å². The zero-order valence-corrected chi connectivity index (χ0v) is 9.66. The number of hydrogen-bond donors (Lipinski definition) is 0. The van der Waals surface area contributed by atoms with Gasteiger partial charge in [0.25, 0.3) is 0 Å². The van der Waals surface area contributed by atoms with Gasteiger partial charge in [0.05, 0.1) is 18.8 Å². The molecular formula is C11H10BrNO2. The summed E-state index contributed by atoms with van der Waals surface area (Å²) < 4.78 is 11.8. The predicted molar refractivity (Wildman–Crippen MR) is 58.7 cm³/mol. The second-order valence-corrected chi connectivity index (χ2v) is 4.27. The number of benzene rings is 1. The van der Waals surface area contributed by atoms with Gasteiger partial charge < -0.3 is 9.47 Å². The lowest BCUT2D eigenvalue weighted by Gasteiger charge is -2.13. The van der Waals surface area contributed by atoms with Crippen molar-refractivity contribution in [2.75, 3.05) is 13.2 Å². The molecule has 1 aromatic rings. The van der Waals surface area contributed by atoms with Crippen molar-refractivity contribution in [3.8, 4) is 11.8 Å². The van der Waals surface area contributed by atoms with Crippen LogP contribution in [0, 0.1) is 11.3 Å². The van der Waals surface area contributed by atoms with Crippen molar-refractivity contribution in [3.05, 3.63) is 28.2 Å². The first-order valence-electron chi connectivity index (χ1n) is 4.73. The molecule has 1 saturated heterocycles. The van der Waals surface area contributed by atoms with Crippen molar-refractivity contribution in [1.29, 1.82) is 5.26 Å².